The number of hydrogen-bond donors (Lipinski definition) is 0. The summed E-state index contributed by atoms with van der Waals surface area (Å²) in [6.45, 7) is 3.93. The molecule has 0 aromatic heterocycles. The highest BCUT2D eigenvalue weighted by molar-refractivity contribution is 5.03. The van der Waals surface area contributed by atoms with Crippen LogP contribution in [-0.2, 0) is 0 Å². The Kier molecular flexibility index (Phi) is 6.53. The molecule has 0 amide bonds. The van der Waals surface area contributed by atoms with Gasteiger partial charge in [0.1, 0.15) is 0 Å². The standard InChI is InChI=1S/C15H25F/c1-3-14-10-5-4-6-11-15(14)12-8-7-9-13(2)16/h13-15H,3,6-12H2,1-2H3. The van der Waals surface area contributed by atoms with Gasteiger partial charge in [-0.3, -0.25) is 0 Å². The minimum atomic E-state index is -0.626. The van der Waals surface area contributed by atoms with Crippen molar-refractivity contribution >= 4 is 0 Å². The fourth-order valence-electron chi connectivity index (χ4n) is 2.64. The molecule has 1 heteroatoms. The summed E-state index contributed by atoms with van der Waals surface area (Å²) in [7, 11) is 0. The Bertz CT molecular complexity index is 234. The number of alkyl halides is 1. The monoisotopic (exact) mass is 224 g/mol. The molecule has 0 radical (unpaired) electrons. The molecule has 0 spiro atoms. The summed E-state index contributed by atoms with van der Waals surface area (Å²) in [5, 5.41) is 0. The Morgan fingerprint density at radius 3 is 2.75 bits per heavy atom. The Morgan fingerprint density at radius 1 is 1.25 bits per heavy atom. The fraction of sp³-hybridized carbons (Fsp3) is 0.867. The molecule has 0 N–H and O–H groups in total. The van der Waals surface area contributed by atoms with Crippen molar-refractivity contribution in [2.24, 2.45) is 11.8 Å². The van der Waals surface area contributed by atoms with Crippen LogP contribution in [0.2, 0.25) is 0 Å². The molecular formula is C15H25F. The summed E-state index contributed by atoms with van der Waals surface area (Å²) < 4.78 is 12.7. The van der Waals surface area contributed by atoms with Crippen LogP contribution in [0.25, 0.3) is 0 Å². The highest BCUT2D eigenvalue weighted by Crippen LogP contribution is 2.30. The lowest BCUT2D eigenvalue weighted by molar-refractivity contribution is 0.277. The molecule has 16 heavy (non-hydrogen) atoms. The molecule has 0 aliphatic heterocycles. The van der Waals surface area contributed by atoms with Crippen LogP contribution >= 0.6 is 0 Å². The molecule has 0 heterocycles. The fourth-order valence-corrected chi connectivity index (χ4v) is 2.64. The molecule has 0 fully saturated rings. The van der Waals surface area contributed by atoms with Crippen LogP contribution in [0.1, 0.15) is 65.2 Å². The van der Waals surface area contributed by atoms with Gasteiger partial charge in [-0.15, -0.1) is 11.8 Å². The zero-order valence-electron chi connectivity index (χ0n) is 10.8. The lowest BCUT2D eigenvalue weighted by Crippen LogP contribution is -2.13. The molecule has 1 aliphatic carbocycles. The second kappa shape index (κ2) is 7.71. The average Bonchev–Trinajstić information content (AvgIpc) is 2.48. The van der Waals surface area contributed by atoms with Crippen LogP contribution in [-0.4, -0.2) is 6.17 Å². The van der Waals surface area contributed by atoms with Crippen LogP contribution in [0.15, 0.2) is 0 Å². The number of halogens is 1. The van der Waals surface area contributed by atoms with E-state index >= 15 is 0 Å². The summed E-state index contributed by atoms with van der Waals surface area (Å²) in [6, 6.07) is 0. The van der Waals surface area contributed by atoms with E-state index in [0.29, 0.717) is 0 Å². The van der Waals surface area contributed by atoms with Crippen LogP contribution in [0, 0.1) is 23.7 Å². The van der Waals surface area contributed by atoms with E-state index in [1.54, 1.807) is 6.92 Å². The lowest BCUT2D eigenvalue weighted by atomic mass is 9.82. The Labute approximate surface area is 100 Å². The van der Waals surface area contributed by atoms with Crippen LogP contribution in [0.5, 0.6) is 0 Å². The van der Waals surface area contributed by atoms with Gasteiger partial charge in [-0.2, -0.15) is 0 Å². The van der Waals surface area contributed by atoms with Crippen molar-refractivity contribution < 1.29 is 4.39 Å². The topological polar surface area (TPSA) is 0 Å². The van der Waals surface area contributed by atoms with Crippen LogP contribution in [0.4, 0.5) is 4.39 Å². The first-order chi connectivity index (χ1) is 7.74. The predicted octanol–water partition coefficient (Wildman–Crippen LogP) is 4.73. The minimum absolute atomic E-state index is 0.626. The molecule has 1 rings (SSSR count). The van der Waals surface area contributed by atoms with Crippen molar-refractivity contribution in [1.82, 2.24) is 0 Å². The summed E-state index contributed by atoms with van der Waals surface area (Å²) in [5.74, 6) is 8.13. The predicted molar refractivity (Wildman–Crippen MR) is 67.9 cm³/mol. The van der Waals surface area contributed by atoms with Gasteiger partial charge in [0, 0.05) is 12.8 Å². The highest BCUT2D eigenvalue weighted by atomic mass is 19.1. The van der Waals surface area contributed by atoms with E-state index in [1.165, 1.54) is 25.7 Å². The first-order valence-electron chi connectivity index (χ1n) is 6.83. The van der Waals surface area contributed by atoms with Crippen LogP contribution < -0.4 is 0 Å². The summed E-state index contributed by atoms with van der Waals surface area (Å²) in [4.78, 5) is 0. The van der Waals surface area contributed by atoms with Crippen molar-refractivity contribution in [1.29, 1.82) is 0 Å². The van der Waals surface area contributed by atoms with Crippen molar-refractivity contribution in [3.8, 4) is 11.8 Å². The second-order valence-corrected chi connectivity index (χ2v) is 5.09. The molecule has 3 atom stereocenters. The molecule has 92 valence electrons. The van der Waals surface area contributed by atoms with E-state index in [2.05, 4.69) is 18.8 Å². The SMILES string of the molecule is CCC1CC#CCCC1CCCCC(C)F. The third-order valence-electron chi connectivity index (χ3n) is 3.75. The van der Waals surface area contributed by atoms with Gasteiger partial charge >= 0.3 is 0 Å². The molecule has 3 unspecified atom stereocenters. The van der Waals surface area contributed by atoms with E-state index in [9.17, 15) is 4.39 Å². The maximum absolute atomic E-state index is 12.7. The Balaban J connectivity index is 2.23. The van der Waals surface area contributed by atoms with E-state index in [-0.39, 0.29) is 0 Å². The molecule has 0 aromatic rings. The smallest absolute Gasteiger partial charge is 0.0973 e. The average molecular weight is 224 g/mol. The molecular weight excluding hydrogens is 199 g/mol. The third-order valence-corrected chi connectivity index (χ3v) is 3.75. The highest BCUT2D eigenvalue weighted by Gasteiger charge is 2.19. The summed E-state index contributed by atoms with van der Waals surface area (Å²) in [6.07, 6.45) is 8.28. The van der Waals surface area contributed by atoms with Crippen molar-refractivity contribution in [2.45, 2.75) is 71.4 Å². The van der Waals surface area contributed by atoms with Crippen LogP contribution in [0.3, 0.4) is 0 Å². The summed E-state index contributed by atoms with van der Waals surface area (Å²) >= 11 is 0. The van der Waals surface area contributed by atoms with E-state index in [1.807, 2.05) is 0 Å². The molecule has 0 nitrogen and oxygen atoms in total. The van der Waals surface area contributed by atoms with Gasteiger partial charge in [-0.25, -0.2) is 4.39 Å². The van der Waals surface area contributed by atoms with Gasteiger partial charge < -0.3 is 0 Å². The normalized spacial score (nSPS) is 26.7. The maximum atomic E-state index is 12.7. The molecule has 0 bridgehead atoms. The summed E-state index contributed by atoms with van der Waals surface area (Å²) in [5.41, 5.74) is 0. The quantitative estimate of drug-likeness (QED) is 0.452. The molecule has 0 aromatic carbocycles. The molecule has 1 aliphatic rings. The largest absolute Gasteiger partial charge is 0.248 e. The van der Waals surface area contributed by atoms with Gasteiger partial charge in [0.05, 0.1) is 6.17 Å². The van der Waals surface area contributed by atoms with Gasteiger partial charge in [0.15, 0.2) is 0 Å². The lowest BCUT2D eigenvalue weighted by Gasteiger charge is -2.23. The van der Waals surface area contributed by atoms with E-state index < -0.39 is 6.17 Å². The second-order valence-electron chi connectivity index (χ2n) is 5.09. The molecule has 0 saturated carbocycles. The Hall–Kier alpha value is -0.510. The minimum Gasteiger partial charge on any atom is -0.248 e. The van der Waals surface area contributed by atoms with Gasteiger partial charge in [-0.1, -0.05) is 32.6 Å². The van der Waals surface area contributed by atoms with Gasteiger partial charge in [0.25, 0.3) is 0 Å². The zero-order chi connectivity index (χ0) is 11.8. The van der Waals surface area contributed by atoms with Gasteiger partial charge in [-0.05, 0) is 31.6 Å². The maximum Gasteiger partial charge on any atom is 0.0973 e. The van der Waals surface area contributed by atoms with E-state index in [0.717, 1.165) is 37.5 Å². The first-order valence-corrected chi connectivity index (χ1v) is 6.83. The zero-order valence-corrected chi connectivity index (χ0v) is 10.8. The first kappa shape index (κ1) is 13.6. The third kappa shape index (κ3) is 5.01. The molecule has 0 saturated heterocycles. The number of hydrogen-bond acceptors (Lipinski definition) is 0. The van der Waals surface area contributed by atoms with E-state index in [4.69, 9.17) is 0 Å². The Morgan fingerprint density at radius 2 is 2.06 bits per heavy atom. The van der Waals surface area contributed by atoms with Crippen molar-refractivity contribution in [3.63, 3.8) is 0 Å². The number of unbranched alkanes of at least 4 members (excludes halogenated alkanes) is 1. The van der Waals surface area contributed by atoms with Crippen molar-refractivity contribution in [2.75, 3.05) is 0 Å². The van der Waals surface area contributed by atoms with Gasteiger partial charge in [0.2, 0.25) is 0 Å². The number of rotatable bonds is 6. The van der Waals surface area contributed by atoms with Crippen molar-refractivity contribution in [3.05, 3.63) is 0 Å².